The van der Waals surface area contributed by atoms with Gasteiger partial charge in [0.25, 0.3) is 0 Å². The second kappa shape index (κ2) is 4.92. The maximum Gasteiger partial charge on any atom is 0.141 e. The zero-order valence-electron chi connectivity index (χ0n) is 8.13. The fourth-order valence-corrected chi connectivity index (χ4v) is 1.13. The smallest absolute Gasteiger partial charge is 0.141 e. The summed E-state index contributed by atoms with van der Waals surface area (Å²) >= 11 is 0. The van der Waals surface area contributed by atoms with E-state index in [1.165, 1.54) is 12.3 Å². The molecule has 0 N–H and O–H groups in total. The van der Waals surface area contributed by atoms with Crippen molar-refractivity contribution in [1.82, 2.24) is 9.88 Å². The molecule has 0 unspecified atom stereocenters. The van der Waals surface area contributed by atoms with E-state index in [-0.39, 0.29) is 5.82 Å². The Labute approximate surface area is 78.4 Å². The Morgan fingerprint density at radius 3 is 2.69 bits per heavy atom. The van der Waals surface area contributed by atoms with E-state index in [9.17, 15) is 4.39 Å². The van der Waals surface area contributed by atoms with Crippen LogP contribution in [0.4, 0.5) is 4.39 Å². The Bertz CT molecular complexity index is 244. The Kier molecular flexibility index (Phi) is 3.83. The van der Waals surface area contributed by atoms with Crippen LogP contribution < -0.4 is 0 Å². The summed E-state index contributed by atoms with van der Waals surface area (Å²) in [5.74, 6) is -0.267. The number of hydrogen-bond donors (Lipinski definition) is 0. The zero-order valence-corrected chi connectivity index (χ0v) is 8.13. The maximum absolute atomic E-state index is 12.5. The molecule has 0 aliphatic rings. The molecule has 0 fully saturated rings. The second-order valence-electron chi connectivity index (χ2n) is 3.37. The fourth-order valence-electron chi connectivity index (χ4n) is 1.13. The van der Waals surface area contributed by atoms with Gasteiger partial charge in [0, 0.05) is 5.69 Å². The van der Waals surface area contributed by atoms with Crippen molar-refractivity contribution in [3.63, 3.8) is 0 Å². The number of rotatable bonds is 4. The largest absolute Gasteiger partial charge is 0.309 e. The van der Waals surface area contributed by atoms with E-state index in [1.807, 2.05) is 14.1 Å². The summed E-state index contributed by atoms with van der Waals surface area (Å²) in [6.45, 7) is 1.04. The van der Waals surface area contributed by atoms with Crippen molar-refractivity contribution >= 4 is 0 Å². The first-order valence-electron chi connectivity index (χ1n) is 4.43. The number of nitrogens with zero attached hydrogens (tertiary/aromatic N) is 2. The molecule has 0 bridgehead atoms. The lowest BCUT2D eigenvalue weighted by Gasteiger charge is -2.08. The highest BCUT2D eigenvalue weighted by Crippen LogP contribution is 2.01. The van der Waals surface area contributed by atoms with Crippen LogP contribution in [0.1, 0.15) is 12.1 Å². The van der Waals surface area contributed by atoms with Gasteiger partial charge in [0.15, 0.2) is 0 Å². The molecule has 0 aromatic carbocycles. The molecule has 0 atom stereocenters. The molecule has 0 radical (unpaired) electrons. The lowest BCUT2D eigenvalue weighted by molar-refractivity contribution is 0.399. The van der Waals surface area contributed by atoms with E-state index in [0.29, 0.717) is 0 Å². The molecule has 3 heteroatoms. The maximum atomic E-state index is 12.5. The molecular formula is C10H15FN2. The molecule has 1 rings (SSSR count). The average molecular weight is 182 g/mol. The number of aromatic nitrogens is 1. The Balaban J connectivity index is 2.33. The number of aryl methyl sites for hydroxylation is 1. The monoisotopic (exact) mass is 182 g/mol. The van der Waals surface area contributed by atoms with Crippen LogP contribution in [0.2, 0.25) is 0 Å². The van der Waals surface area contributed by atoms with E-state index >= 15 is 0 Å². The van der Waals surface area contributed by atoms with Crippen LogP contribution in [0.5, 0.6) is 0 Å². The van der Waals surface area contributed by atoms with E-state index in [4.69, 9.17) is 0 Å². The summed E-state index contributed by atoms with van der Waals surface area (Å²) in [6, 6.07) is 3.20. The van der Waals surface area contributed by atoms with Crippen LogP contribution in [0.15, 0.2) is 18.3 Å². The molecule has 1 aromatic heterocycles. The number of halogens is 1. The van der Waals surface area contributed by atoms with Gasteiger partial charge in [-0.3, -0.25) is 4.98 Å². The summed E-state index contributed by atoms with van der Waals surface area (Å²) in [5, 5.41) is 0. The van der Waals surface area contributed by atoms with Crippen LogP contribution in [0.3, 0.4) is 0 Å². The van der Waals surface area contributed by atoms with Gasteiger partial charge in [-0.2, -0.15) is 0 Å². The lowest BCUT2D eigenvalue weighted by Crippen LogP contribution is -2.13. The van der Waals surface area contributed by atoms with E-state index in [2.05, 4.69) is 9.88 Å². The molecule has 0 aliphatic heterocycles. The molecule has 0 saturated heterocycles. The van der Waals surface area contributed by atoms with Gasteiger partial charge in [-0.1, -0.05) is 0 Å². The third kappa shape index (κ3) is 3.99. The number of hydrogen-bond acceptors (Lipinski definition) is 2. The highest BCUT2D eigenvalue weighted by molar-refractivity contribution is 5.05. The van der Waals surface area contributed by atoms with Gasteiger partial charge in [-0.25, -0.2) is 4.39 Å². The highest BCUT2D eigenvalue weighted by Gasteiger charge is 1.96. The van der Waals surface area contributed by atoms with Crippen molar-refractivity contribution < 1.29 is 4.39 Å². The predicted octanol–water partition coefficient (Wildman–Crippen LogP) is 1.71. The predicted molar refractivity (Wildman–Crippen MR) is 51.1 cm³/mol. The first-order valence-corrected chi connectivity index (χ1v) is 4.43. The van der Waals surface area contributed by atoms with E-state index < -0.39 is 0 Å². The van der Waals surface area contributed by atoms with Crippen LogP contribution in [0, 0.1) is 5.82 Å². The van der Waals surface area contributed by atoms with Gasteiger partial charge in [0.2, 0.25) is 0 Å². The summed E-state index contributed by atoms with van der Waals surface area (Å²) in [4.78, 5) is 6.11. The van der Waals surface area contributed by atoms with Gasteiger partial charge >= 0.3 is 0 Å². The summed E-state index contributed by atoms with van der Waals surface area (Å²) in [5.41, 5.74) is 0.961. The van der Waals surface area contributed by atoms with Gasteiger partial charge in [-0.05, 0) is 45.6 Å². The third-order valence-corrected chi connectivity index (χ3v) is 1.83. The molecule has 72 valence electrons. The Hall–Kier alpha value is -0.960. The molecule has 0 spiro atoms. The summed E-state index contributed by atoms with van der Waals surface area (Å²) in [6.07, 6.45) is 3.25. The molecule has 2 nitrogen and oxygen atoms in total. The first kappa shape index (κ1) is 10.1. The SMILES string of the molecule is CN(C)CCCc1ccc(F)cn1. The van der Waals surface area contributed by atoms with Gasteiger partial charge in [0.05, 0.1) is 6.20 Å². The molecule has 0 aliphatic carbocycles. The topological polar surface area (TPSA) is 16.1 Å². The van der Waals surface area contributed by atoms with Crippen molar-refractivity contribution in [2.75, 3.05) is 20.6 Å². The standard InChI is InChI=1S/C10H15FN2/c1-13(2)7-3-4-10-6-5-9(11)8-12-10/h5-6,8H,3-4,7H2,1-2H3. The minimum atomic E-state index is -0.267. The first-order chi connectivity index (χ1) is 6.18. The van der Waals surface area contributed by atoms with Crippen molar-refractivity contribution in [2.45, 2.75) is 12.8 Å². The molecule has 1 heterocycles. The molecule has 1 aromatic rings. The molecule has 13 heavy (non-hydrogen) atoms. The van der Waals surface area contributed by atoms with Gasteiger partial charge in [-0.15, -0.1) is 0 Å². The quantitative estimate of drug-likeness (QED) is 0.704. The number of pyridine rings is 1. The van der Waals surface area contributed by atoms with Crippen molar-refractivity contribution in [2.24, 2.45) is 0 Å². The van der Waals surface area contributed by atoms with Crippen LogP contribution in [-0.2, 0) is 6.42 Å². The van der Waals surface area contributed by atoms with Crippen molar-refractivity contribution in [3.8, 4) is 0 Å². The normalized spacial score (nSPS) is 10.8. The molecule has 0 amide bonds. The van der Waals surface area contributed by atoms with Crippen LogP contribution in [0.25, 0.3) is 0 Å². The van der Waals surface area contributed by atoms with E-state index in [0.717, 1.165) is 25.1 Å². The lowest BCUT2D eigenvalue weighted by atomic mass is 10.2. The van der Waals surface area contributed by atoms with Gasteiger partial charge < -0.3 is 4.90 Å². The second-order valence-corrected chi connectivity index (χ2v) is 3.37. The van der Waals surface area contributed by atoms with E-state index in [1.54, 1.807) is 6.07 Å². The molecular weight excluding hydrogens is 167 g/mol. The van der Waals surface area contributed by atoms with Crippen LogP contribution >= 0.6 is 0 Å². The Morgan fingerprint density at radius 1 is 1.38 bits per heavy atom. The minimum Gasteiger partial charge on any atom is -0.309 e. The summed E-state index contributed by atoms with van der Waals surface area (Å²) in [7, 11) is 4.08. The summed E-state index contributed by atoms with van der Waals surface area (Å²) < 4.78 is 12.5. The van der Waals surface area contributed by atoms with Gasteiger partial charge in [0.1, 0.15) is 5.82 Å². The highest BCUT2D eigenvalue weighted by atomic mass is 19.1. The van der Waals surface area contributed by atoms with Crippen LogP contribution in [-0.4, -0.2) is 30.5 Å². The minimum absolute atomic E-state index is 0.267. The van der Waals surface area contributed by atoms with Crippen molar-refractivity contribution in [3.05, 3.63) is 29.8 Å². The van der Waals surface area contributed by atoms with Crippen molar-refractivity contribution in [1.29, 1.82) is 0 Å². The molecule has 0 saturated carbocycles. The zero-order chi connectivity index (χ0) is 9.68. The average Bonchev–Trinajstić information content (AvgIpc) is 2.08. The third-order valence-electron chi connectivity index (χ3n) is 1.83. The fraction of sp³-hybridized carbons (Fsp3) is 0.500. The Morgan fingerprint density at radius 2 is 2.15 bits per heavy atom.